The zero-order chi connectivity index (χ0) is 16.1. The molecule has 0 aromatic heterocycles. The van der Waals surface area contributed by atoms with Crippen molar-refractivity contribution in [2.75, 3.05) is 0 Å². The lowest BCUT2D eigenvalue weighted by Crippen LogP contribution is -2.66. The molecule has 0 bridgehead atoms. The molecule has 0 saturated carbocycles. The van der Waals surface area contributed by atoms with Crippen LogP contribution in [0.3, 0.4) is 0 Å². The predicted molar refractivity (Wildman–Crippen MR) is 36.5 cm³/mol. The lowest BCUT2D eigenvalue weighted by molar-refractivity contribution is -0.313. The molecule has 0 fully saturated rings. The fourth-order valence-electron chi connectivity index (χ4n) is 0.922. The molecule has 1 nitrogen and oxygen atoms in total. The molecular weight excluding hydrogens is 309 g/mol. The Morgan fingerprint density at radius 3 is 1.16 bits per heavy atom. The second-order valence-corrected chi connectivity index (χ2v) is 3.45. The van der Waals surface area contributed by atoms with Gasteiger partial charge in [0.25, 0.3) is 11.7 Å². The lowest BCUT2D eigenvalue weighted by atomic mass is 9.88. The number of alkyl halides is 11. The van der Waals surface area contributed by atoms with Crippen molar-refractivity contribution in [1.29, 1.82) is 0 Å². The van der Waals surface area contributed by atoms with Crippen LogP contribution >= 0.6 is 0 Å². The summed E-state index contributed by atoms with van der Waals surface area (Å²) in [5.74, 6) is -17.4. The molecule has 0 N–H and O–H groups in total. The molecular formula is C7H3F11O. The molecule has 1 atom stereocenters. The largest absolute Gasteiger partial charge is 0.461 e. The molecule has 19 heavy (non-hydrogen) atoms. The molecule has 1 unspecified atom stereocenters. The van der Waals surface area contributed by atoms with Crippen molar-refractivity contribution in [3.05, 3.63) is 0 Å². The number of hydrogen-bond acceptors (Lipinski definition) is 1. The van der Waals surface area contributed by atoms with Crippen LogP contribution in [0.4, 0.5) is 48.3 Å². The van der Waals surface area contributed by atoms with Crippen LogP contribution in [-0.2, 0) is 4.79 Å². The first-order chi connectivity index (χ1) is 7.90. The first-order valence-corrected chi connectivity index (χ1v) is 4.03. The summed E-state index contributed by atoms with van der Waals surface area (Å²) in [5.41, 5.74) is -6.67. The molecule has 0 radical (unpaired) electrons. The average molecular weight is 312 g/mol. The fourth-order valence-corrected chi connectivity index (χ4v) is 0.922. The van der Waals surface area contributed by atoms with Crippen molar-refractivity contribution < 1.29 is 53.1 Å². The first-order valence-electron chi connectivity index (χ1n) is 4.03. The van der Waals surface area contributed by atoms with Gasteiger partial charge in [-0.25, -0.2) is 13.2 Å². The van der Waals surface area contributed by atoms with Crippen LogP contribution in [0.5, 0.6) is 0 Å². The van der Waals surface area contributed by atoms with E-state index in [0.29, 0.717) is 0 Å². The highest BCUT2D eigenvalue weighted by Gasteiger charge is 2.81. The third-order valence-electron chi connectivity index (χ3n) is 1.95. The molecule has 12 heteroatoms. The minimum atomic E-state index is -6.96. The van der Waals surface area contributed by atoms with Gasteiger partial charge in [-0.1, -0.05) is 0 Å². The van der Waals surface area contributed by atoms with Gasteiger partial charge in [0, 0.05) is 6.92 Å². The van der Waals surface area contributed by atoms with E-state index in [4.69, 9.17) is 0 Å². The normalized spacial score (nSPS) is 18.1. The average Bonchev–Trinajstić information content (AvgIpc) is 2.09. The number of Topliss-reactive ketones (excluding diaryl/α,β-unsaturated/α-hetero) is 1. The summed E-state index contributed by atoms with van der Waals surface area (Å²) in [6, 6.07) is 0. The summed E-state index contributed by atoms with van der Waals surface area (Å²) in [5, 5.41) is 0. The van der Waals surface area contributed by atoms with Crippen LogP contribution < -0.4 is 0 Å². The second kappa shape index (κ2) is 4.20. The molecule has 0 aliphatic carbocycles. The highest BCUT2D eigenvalue weighted by atomic mass is 19.4. The molecule has 0 saturated heterocycles. The molecule has 114 valence electrons. The molecule has 0 heterocycles. The molecule has 0 amide bonds. The van der Waals surface area contributed by atoms with Gasteiger partial charge >= 0.3 is 23.9 Å². The van der Waals surface area contributed by atoms with E-state index >= 15 is 0 Å². The Labute approximate surface area is 96.9 Å². The number of carbonyl (C=O) groups excluding carboxylic acids is 1. The molecule has 0 aromatic carbocycles. The van der Waals surface area contributed by atoms with Gasteiger partial charge in [-0.05, 0) is 0 Å². The Morgan fingerprint density at radius 2 is 1.00 bits per heavy atom. The Hall–Kier alpha value is -1.10. The van der Waals surface area contributed by atoms with E-state index in [9.17, 15) is 53.1 Å². The Bertz CT molecular complexity index is 343. The van der Waals surface area contributed by atoms with E-state index in [1.54, 1.807) is 0 Å². The zero-order valence-electron chi connectivity index (χ0n) is 8.57. The molecule has 0 spiro atoms. The van der Waals surface area contributed by atoms with Gasteiger partial charge in [0.05, 0.1) is 0 Å². The highest BCUT2D eigenvalue weighted by Crippen LogP contribution is 2.51. The molecule has 0 rings (SSSR count). The maximum Gasteiger partial charge on any atom is 0.461 e. The van der Waals surface area contributed by atoms with Crippen LogP contribution in [0.15, 0.2) is 0 Å². The Balaban J connectivity index is 6.06. The van der Waals surface area contributed by atoms with Crippen LogP contribution in [0.25, 0.3) is 0 Å². The Morgan fingerprint density at radius 1 is 0.684 bits per heavy atom. The summed E-state index contributed by atoms with van der Waals surface area (Å²) in [4.78, 5) is 10.4. The van der Waals surface area contributed by atoms with E-state index in [1.165, 1.54) is 0 Å². The van der Waals surface area contributed by atoms with E-state index in [-0.39, 0.29) is 0 Å². The van der Waals surface area contributed by atoms with Crippen LogP contribution in [0, 0.1) is 0 Å². The summed E-state index contributed by atoms with van der Waals surface area (Å²) >= 11 is 0. The van der Waals surface area contributed by atoms with Crippen LogP contribution in [0.1, 0.15) is 6.92 Å². The highest BCUT2D eigenvalue weighted by molar-refractivity contribution is 5.96. The van der Waals surface area contributed by atoms with Crippen molar-refractivity contribution in [2.45, 2.75) is 36.8 Å². The van der Waals surface area contributed by atoms with Gasteiger partial charge in [0.15, 0.2) is 0 Å². The Kier molecular flexibility index (Phi) is 3.96. The van der Waals surface area contributed by atoms with Gasteiger partial charge in [-0.15, -0.1) is 0 Å². The van der Waals surface area contributed by atoms with Crippen molar-refractivity contribution in [1.82, 2.24) is 0 Å². The minimum Gasteiger partial charge on any atom is -0.288 e. The fraction of sp³-hybridized carbons (Fsp3) is 0.857. The maximum atomic E-state index is 13.0. The second-order valence-electron chi connectivity index (χ2n) is 3.45. The number of ketones is 1. The third-order valence-corrected chi connectivity index (χ3v) is 1.95. The van der Waals surface area contributed by atoms with Crippen LogP contribution in [-0.4, -0.2) is 35.6 Å². The first kappa shape index (κ1) is 17.9. The lowest BCUT2D eigenvalue weighted by Gasteiger charge is -2.34. The van der Waals surface area contributed by atoms with Gasteiger partial charge in [-0.2, -0.15) is 35.1 Å². The SMILES string of the molecule is CC(F)(F)C(F)(C(=O)C(F)(F)C(F)(F)F)C(F)(F)F. The molecule has 0 aliphatic heterocycles. The number of carbonyl (C=O) groups is 1. The van der Waals surface area contributed by atoms with Crippen molar-refractivity contribution in [2.24, 2.45) is 0 Å². The molecule has 0 aromatic rings. The summed E-state index contributed by atoms with van der Waals surface area (Å²) in [6.45, 7) is -0.940. The van der Waals surface area contributed by atoms with E-state index in [0.717, 1.165) is 0 Å². The van der Waals surface area contributed by atoms with Gasteiger partial charge in [0.1, 0.15) is 0 Å². The number of halogens is 11. The van der Waals surface area contributed by atoms with E-state index in [2.05, 4.69) is 0 Å². The van der Waals surface area contributed by atoms with E-state index < -0.39 is 42.6 Å². The van der Waals surface area contributed by atoms with Crippen molar-refractivity contribution in [3.8, 4) is 0 Å². The quantitative estimate of drug-likeness (QED) is 0.727. The van der Waals surface area contributed by atoms with Gasteiger partial charge in [0.2, 0.25) is 0 Å². The van der Waals surface area contributed by atoms with Gasteiger partial charge < -0.3 is 0 Å². The molecule has 0 aliphatic rings. The minimum absolute atomic E-state index is 0.940. The standard InChI is InChI=1S/C7H3F11O/c1-3(8,9)4(10,6(13,14)15)2(19)5(11,12)7(16,17)18/h1H3. The van der Waals surface area contributed by atoms with Crippen LogP contribution in [0.2, 0.25) is 0 Å². The summed E-state index contributed by atoms with van der Waals surface area (Å²) in [6.07, 6.45) is -13.9. The van der Waals surface area contributed by atoms with E-state index in [1.807, 2.05) is 0 Å². The summed E-state index contributed by atoms with van der Waals surface area (Å²) in [7, 11) is 0. The topological polar surface area (TPSA) is 17.1 Å². The summed E-state index contributed by atoms with van der Waals surface area (Å²) < 4.78 is 133. The zero-order valence-corrected chi connectivity index (χ0v) is 8.57. The maximum absolute atomic E-state index is 13.0. The van der Waals surface area contributed by atoms with Crippen molar-refractivity contribution in [3.63, 3.8) is 0 Å². The predicted octanol–water partition coefficient (Wildman–Crippen LogP) is 3.68. The number of hydrogen-bond donors (Lipinski definition) is 0. The van der Waals surface area contributed by atoms with Gasteiger partial charge in [-0.3, -0.25) is 4.79 Å². The third kappa shape index (κ3) is 2.61. The number of rotatable bonds is 3. The van der Waals surface area contributed by atoms with Crippen molar-refractivity contribution >= 4 is 5.78 Å². The monoisotopic (exact) mass is 312 g/mol. The smallest absolute Gasteiger partial charge is 0.288 e.